The van der Waals surface area contributed by atoms with Crippen LogP contribution in [0.25, 0.3) is 0 Å². The predicted octanol–water partition coefficient (Wildman–Crippen LogP) is 3.10. The lowest BCUT2D eigenvalue weighted by molar-refractivity contribution is -0.127. The minimum atomic E-state index is -0.00415. The fraction of sp³-hybridized carbons (Fsp3) is 0.652. The van der Waals surface area contributed by atoms with E-state index >= 15 is 0 Å². The van der Waals surface area contributed by atoms with Gasteiger partial charge in [0, 0.05) is 53.1 Å². The quantitative estimate of drug-likeness (QED) is 0.194. The number of anilines is 1. The van der Waals surface area contributed by atoms with E-state index in [4.69, 9.17) is 4.74 Å². The summed E-state index contributed by atoms with van der Waals surface area (Å²) < 4.78 is 5.80. The van der Waals surface area contributed by atoms with Crippen molar-refractivity contribution in [3.8, 4) is 0 Å². The number of para-hydroxylation sites is 1. The second kappa shape index (κ2) is 16.1. The number of halogens is 1. The Hall–Kier alpha value is -1.55. The molecule has 1 aromatic carbocycles. The first-order chi connectivity index (χ1) is 14.6. The van der Waals surface area contributed by atoms with Crippen molar-refractivity contribution >= 4 is 41.5 Å². The number of amides is 1. The van der Waals surface area contributed by atoms with E-state index < -0.39 is 0 Å². The van der Waals surface area contributed by atoms with Crippen LogP contribution in [0.2, 0.25) is 0 Å². The van der Waals surface area contributed by atoms with Crippen molar-refractivity contribution in [2.45, 2.75) is 44.6 Å². The second-order valence-corrected chi connectivity index (χ2v) is 8.05. The maximum atomic E-state index is 11.9. The number of rotatable bonds is 11. The summed E-state index contributed by atoms with van der Waals surface area (Å²) in [5.41, 5.74) is 1.21. The van der Waals surface area contributed by atoms with Crippen molar-refractivity contribution in [2.75, 3.05) is 58.8 Å². The number of aliphatic imine (C=N–C) groups is 1. The van der Waals surface area contributed by atoms with E-state index in [-0.39, 0.29) is 36.4 Å². The number of nitrogens with zero attached hydrogens (tertiary/aromatic N) is 3. The maximum Gasteiger partial charge on any atom is 0.243 e. The molecule has 1 aliphatic rings. The third-order valence-electron chi connectivity index (χ3n) is 5.30. The smallest absolute Gasteiger partial charge is 0.243 e. The number of hydrogen-bond donors (Lipinski definition) is 2. The normalized spacial score (nSPS) is 16.2. The number of hydrogen-bond acceptors (Lipinski definition) is 4. The molecule has 0 radical (unpaired) electrons. The molecule has 0 spiro atoms. The van der Waals surface area contributed by atoms with Crippen LogP contribution in [0.5, 0.6) is 0 Å². The van der Waals surface area contributed by atoms with Gasteiger partial charge in [-0.15, -0.1) is 24.0 Å². The largest absolute Gasteiger partial charge is 0.378 e. The summed E-state index contributed by atoms with van der Waals surface area (Å²) in [5.74, 6) is 0.702. The molecule has 1 amide bonds. The average Bonchev–Trinajstić information content (AvgIpc) is 2.78. The first kappa shape index (κ1) is 27.5. The van der Waals surface area contributed by atoms with Gasteiger partial charge < -0.3 is 25.2 Å². The summed E-state index contributed by atoms with van der Waals surface area (Å²) in [7, 11) is 5.61. The minimum absolute atomic E-state index is 0. The molecule has 1 saturated heterocycles. The Kier molecular flexibility index (Phi) is 14.3. The molecule has 1 aromatic rings. The molecule has 0 aromatic heterocycles. The van der Waals surface area contributed by atoms with Gasteiger partial charge in [-0.05, 0) is 50.7 Å². The summed E-state index contributed by atoms with van der Waals surface area (Å²) in [6, 6.07) is 10.4. The topological polar surface area (TPSA) is 69.2 Å². The van der Waals surface area contributed by atoms with Gasteiger partial charge in [0.2, 0.25) is 5.91 Å². The molecule has 0 bridgehead atoms. The summed E-state index contributed by atoms with van der Waals surface area (Å²) in [4.78, 5) is 20.2. The summed E-state index contributed by atoms with van der Waals surface area (Å²) in [5, 5.41) is 6.74. The number of guanidine groups is 1. The fourth-order valence-electron chi connectivity index (χ4n) is 3.37. The van der Waals surface area contributed by atoms with Crippen LogP contribution < -0.4 is 15.5 Å². The zero-order valence-corrected chi connectivity index (χ0v) is 21.6. The van der Waals surface area contributed by atoms with Crippen LogP contribution in [0.3, 0.4) is 0 Å². The Morgan fingerprint density at radius 1 is 1.10 bits per heavy atom. The molecular weight excluding hydrogens is 505 g/mol. The van der Waals surface area contributed by atoms with E-state index in [0.717, 1.165) is 45.5 Å². The van der Waals surface area contributed by atoms with Crippen LogP contribution in [0.4, 0.5) is 5.69 Å². The van der Waals surface area contributed by atoms with Crippen molar-refractivity contribution in [1.82, 2.24) is 15.5 Å². The SMILES string of the molecule is CN(C)C(=O)CN=C(NCCCC1CCCCO1)NCCCN(C)c1ccccc1.I. The molecule has 1 unspecified atom stereocenters. The molecule has 8 heteroatoms. The van der Waals surface area contributed by atoms with Crippen molar-refractivity contribution < 1.29 is 9.53 Å². The molecule has 2 rings (SSSR count). The van der Waals surface area contributed by atoms with E-state index in [1.165, 1.54) is 24.9 Å². The lowest BCUT2D eigenvalue weighted by Crippen LogP contribution is -2.40. The zero-order chi connectivity index (χ0) is 21.6. The Labute approximate surface area is 205 Å². The number of benzene rings is 1. The van der Waals surface area contributed by atoms with Gasteiger partial charge in [0.1, 0.15) is 6.54 Å². The van der Waals surface area contributed by atoms with Gasteiger partial charge in [-0.2, -0.15) is 0 Å². The van der Waals surface area contributed by atoms with Crippen LogP contribution in [-0.2, 0) is 9.53 Å². The van der Waals surface area contributed by atoms with Gasteiger partial charge in [0.25, 0.3) is 0 Å². The van der Waals surface area contributed by atoms with Crippen molar-refractivity contribution in [3.05, 3.63) is 30.3 Å². The predicted molar refractivity (Wildman–Crippen MR) is 140 cm³/mol. The monoisotopic (exact) mass is 545 g/mol. The molecule has 7 nitrogen and oxygen atoms in total. The average molecular weight is 546 g/mol. The Bertz CT molecular complexity index is 636. The fourth-order valence-corrected chi connectivity index (χ4v) is 3.37. The Balaban J connectivity index is 0.00000480. The summed E-state index contributed by atoms with van der Waals surface area (Å²) >= 11 is 0. The number of likely N-dealkylation sites (N-methyl/N-ethyl adjacent to an activating group) is 1. The maximum absolute atomic E-state index is 11.9. The van der Waals surface area contributed by atoms with Crippen molar-refractivity contribution in [3.63, 3.8) is 0 Å². The molecule has 1 fully saturated rings. The van der Waals surface area contributed by atoms with Crippen LogP contribution >= 0.6 is 24.0 Å². The van der Waals surface area contributed by atoms with Crippen LogP contribution in [-0.4, -0.2) is 76.8 Å². The molecule has 2 N–H and O–H groups in total. The third kappa shape index (κ3) is 11.6. The molecule has 1 atom stereocenters. The summed E-state index contributed by atoms with van der Waals surface area (Å²) in [6.07, 6.45) is 7.11. The molecule has 176 valence electrons. The zero-order valence-electron chi connectivity index (χ0n) is 19.3. The number of carbonyl (C=O) groups excluding carboxylic acids is 1. The van der Waals surface area contributed by atoms with Crippen LogP contribution in [0, 0.1) is 0 Å². The van der Waals surface area contributed by atoms with Gasteiger partial charge in [-0.25, -0.2) is 4.99 Å². The van der Waals surface area contributed by atoms with E-state index in [9.17, 15) is 4.79 Å². The number of carbonyl (C=O) groups is 1. The highest BCUT2D eigenvalue weighted by Crippen LogP contribution is 2.16. The highest BCUT2D eigenvalue weighted by molar-refractivity contribution is 14.0. The van der Waals surface area contributed by atoms with Crippen LogP contribution in [0.1, 0.15) is 38.5 Å². The summed E-state index contributed by atoms with van der Waals surface area (Å²) in [6.45, 7) is 3.62. The highest BCUT2D eigenvalue weighted by atomic mass is 127. The third-order valence-corrected chi connectivity index (χ3v) is 5.30. The highest BCUT2D eigenvalue weighted by Gasteiger charge is 2.13. The molecule has 0 aliphatic carbocycles. The van der Waals surface area contributed by atoms with E-state index in [0.29, 0.717) is 12.1 Å². The Morgan fingerprint density at radius 2 is 1.81 bits per heavy atom. The van der Waals surface area contributed by atoms with Crippen LogP contribution in [0.15, 0.2) is 35.3 Å². The standard InChI is InChI=1S/C23H39N5O2.HI/c1-27(2)22(29)19-26-23(24-15-9-14-21-13-7-8-18-30-21)25-16-10-17-28(3)20-11-5-4-6-12-20;/h4-6,11-12,21H,7-10,13-19H2,1-3H3,(H2,24,25,26);1H. The van der Waals surface area contributed by atoms with E-state index in [1.54, 1.807) is 19.0 Å². The first-order valence-corrected chi connectivity index (χ1v) is 11.2. The first-order valence-electron chi connectivity index (χ1n) is 11.2. The Morgan fingerprint density at radius 3 is 2.45 bits per heavy atom. The van der Waals surface area contributed by atoms with Crippen molar-refractivity contribution in [1.29, 1.82) is 0 Å². The number of nitrogens with one attached hydrogen (secondary N) is 2. The van der Waals surface area contributed by atoms with Gasteiger partial charge in [-0.3, -0.25) is 4.79 Å². The lowest BCUT2D eigenvalue weighted by atomic mass is 10.0. The van der Waals surface area contributed by atoms with E-state index in [1.807, 2.05) is 6.07 Å². The number of ether oxygens (including phenoxy) is 1. The van der Waals surface area contributed by atoms with E-state index in [2.05, 4.69) is 51.8 Å². The molecular formula is C23H40IN5O2. The van der Waals surface area contributed by atoms with Gasteiger partial charge >= 0.3 is 0 Å². The molecule has 1 aliphatic heterocycles. The lowest BCUT2D eigenvalue weighted by Gasteiger charge is -2.22. The second-order valence-electron chi connectivity index (χ2n) is 8.05. The molecule has 1 heterocycles. The molecule has 31 heavy (non-hydrogen) atoms. The van der Waals surface area contributed by atoms with Gasteiger partial charge in [0.15, 0.2) is 5.96 Å². The van der Waals surface area contributed by atoms with Crippen molar-refractivity contribution in [2.24, 2.45) is 4.99 Å². The van der Waals surface area contributed by atoms with Gasteiger partial charge in [-0.1, -0.05) is 18.2 Å². The molecule has 0 saturated carbocycles. The minimum Gasteiger partial charge on any atom is -0.378 e. The van der Waals surface area contributed by atoms with Gasteiger partial charge in [0.05, 0.1) is 6.10 Å².